The summed E-state index contributed by atoms with van der Waals surface area (Å²) in [7, 11) is 3.07. The molecule has 2 aromatic rings. The fraction of sp³-hybridized carbons (Fsp3) is 0.308. The summed E-state index contributed by atoms with van der Waals surface area (Å²) in [5, 5.41) is 2.77. The van der Waals surface area contributed by atoms with Gasteiger partial charge in [-0.25, -0.2) is 9.97 Å². The summed E-state index contributed by atoms with van der Waals surface area (Å²) < 4.78 is 10.6. The Morgan fingerprint density at radius 1 is 1.21 bits per heavy atom. The molecule has 0 aliphatic carbocycles. The smallest absolute Gasteiger partial charge is 0.224 e. The first kappa shape index (κ1) is 13.1. The van der Waals surface area contributed by atoms with Crippen molar-refractivity contribution < 1.29 is 14.3 Å². The third-order valence-corrected chi connectivity index (χ3v) is 2.69. The van der Waals surface area contributed by atoms with Crippen LogP contribution in [-0.4, -0.2) is 30.1 Å². The van der Waals surface area contributed by atoms with Gasteiger partial charge in [-0.1, -0.05) is 6.92 Å². The summed E-state index contributed by atoms with van der Waals surface area (Å²) >= 11 is 0. The predicted octanol–water partition coefficient (Wildman–Crippen LogP) is 2.00. The maximum atomic E-state index is 11.5. The first-order valence-electron chi connectivity index (χ1n) is 5.86. The number of rotatable bonds is 4. The third kappa shape index (κ3) is 2.42. The van der Waals surface area contributed by atoms with E-state index in [4.69, 9.17) is 9.47 Å². The van der Waals surface area contributed by atoms with E-state index >= 15 is 0 Å². The Morgan fingerprint density at radius 2 is 1.89 bits per heavy atom. The lowest BCUT2D eigenvalue weighted by atomic mass is 10.2. The largest absolute Gasteiger partial charge is 0.494 e. The van der Waals surface area contributed by atoms with Crippen LogP contribution in [0.2, 0.25) is 0 Å². The molecule has 6 heteroatoms. The lowest BCUT2D eigenvalue weighted by Crippen LogP contribution is -2.11. The van der Waals surface area contributed by atoms with E-state index in [-0.39, 0.29) is 5.91 Å². The molecule has 0 radical (unpaired) electrons. The highest BCUT2D eigenvalue weighted by Gasteiger charge is 2.16. The summed E-state index contributed by atoms with van der Waals surface area (Å²) in [4.78, 5) is 20.0. The molecule has 2 rings (SSSR count). The van der Waals surface area contributed by atoms with Crippen LogP contribution in [-0.2, 0) is 4.79 Å². The average Bonchev–Trinajstić information content (AvgIpc) is 2.46. The molecule has 19 heavy (non-hydrogen) atoms. The van der Waals surface area contributed by atoms with Crippen molar-refractivity contribution in [1.29, 1.82) is 0 Å². The summed E-state index contributed by atoms with van der Waals surface area (Å²) in [6.45, 7) is 1.78. The van der Waals surface area contributed by atoms with Crippen molar-refractivity contribution in [3.63, 3.8) is 0 Å². The highest BCUT2D eigenvalue weighted by atomic mass is 16.5. The number of carbonyl (C=O) groups excluding carboxylic acids is 1. The molecular formula is C13H15N3O3. The van der Waals surface area contributed by atoms with Gasteiger partial charge in [-0.2, -0.15) is 0 Å². The van der Waals surface area contributed by atoms with E-state index in [2.05, 4.69) is 15.3 Å². The second-order valence-electron chi connectivity index (χ2n) is 3.81. The zero-order chi connectivity index (χ0) is 13.8. The number of carbonyl (C=O) groups is 1. The van der Waals surface area contributed by atoms with Crippen LogP contribution in [0.25, 0.3) is 11.0 Å². The normalized spacial score (nSPS) is 10.3. The van der Waals surface area contributed by atoms with Gasteiger partial charge in [0.05, 0.1) is 19.9 Å². The number of aromatic nitrogens is 2. The van der Waals surface area contributed by atoms with Crippen molar-refractivity contribution in [1.82, 2.24) is 9.97 Å². The second kappa shape index (κ2) is 5.51. The Hall–Kier alpha value is -2.37. The maximum Gasteiger partial charge on any atom is 0.224 e. The zero-order valence-corrected chi connectivity index (χ0v) is 11.1. The van der Waals surface area contributed by atoms with Crippen LogP contribution in [0.5, 0.6) is 11.5 Å². The number of nitrogens with zero attached hydrogens (tertiary/aromatic N) is 2. The Labute approximate surface area is 110 Å². The molecule has 1 N–H and O–H groups in total. The Balaban J connectivity index is 2.66. The molecule has 1 aromatic carbocycles. The number of fused-ring (bicyclic) bond motifs is 1. The van der Waals surface area contributed by atoms with Crippen LogP contribution in [0.4, 0.5) is 5.69 Å². The standard InChI is InChI=1S/C13H15N3O3/c1-4-10(17)16-8-7-9(18-2)11-12(13(8)19-3)15-6-5-14-11/h5-7H,4H2,1-3H3,(H,16,17). The fourth-order valence-electron chi connectivity index (χ4n) is 1.77. The number of hydrogen-bond acceptors (Lipinski definition) is 5. The van der Waals surface area contributed by atoms with Crippen LogP contribution in [0.1, 0.15) is 13.3 Å². The van der Waals surface area contributed by atoms with Gasteiger partial charge in [-0.3, -0.25) is 4.79 Å². The van der Waals surface area contributed by atoms with Gasteiger partial charge in [-0.15, -0.1) is 0 Å². The molecule has 1 aromatic heterocycles. The molecule has 0 bridgehead atoms. The lowest BCUT2D eigenvalue weighted by Gasteiger charge is -2.14. The lowest BCUT2D eigenvalue weighted by molar-refractivity contribution is -0.115. The first-order valence-corrected chi connectivity index (χ1v) is 5.86. The number of benzene rings is 1. The second-order valence-corrected chi connectivity index (χ2v) is 3.81. The summed E-state index contributed by atoms with van der Waals surface area (Å²) in [6, 6.07) is 1.68. The van der Waals surface area contributed by atoms with E-state index in [1.807, 2.05) is 0 Å². The van der Waals surface area contributed by atoms with E-state index in [1.54, 1.807) is 32.5 Å². The monoisotopic (exact) mass is 261 g/mol. The van der Waals surface area contributed by atoms with Gasteiger partial charge >= 0.3 is 0 Å². The number of amides is 1. The summed E-state index contributed by atoms with van der Waals surface area (Å²) in [5.41, 5.74) is 1.67. The average molecular weight is 261 g/mol. The van der Waals surface area contributed by atoms with Crippen molar-refractivity contribution in [2.24, 2.45) is 0 Å². The number of nitrogens with one attached hydrogen (secondary N) is 1. The van der Waals surface area contributed by atoms with Gasteiger partial charge in [-0.05, 0) is 0 Å². The molecule has 1 heterocycles. The highest BCUT2D eigenvalue weighted by molar-refractivity contribution is 5.99. The van der Waals surface area contributed by atoms with Crippen LogP contribution >= 0.6 is 0 Å². The van der Waals surface area contributed by atoms with Gasteiger partial charge in [0.15, 0.2) is 5.75 Å². The van der Waals surface area contributed by atoms with E-state index in [9.17, 15) is 4.79 Å². The van der Waals surface area contributed by atoms with Gasteiger partial charge in [0, 0.05) is 24.9 Å². The molecule has 1 amide bonds. The fourth-order valence-corrected chi connectivity index (χ4v) is 1.77. The van der Waals surface area contributed by atoms with E-state index in [1.165, 1.54) is 7.11 Å². The third-order valence-electron chi connectivity index (χ3n) is 2.69. The molecule has 0 spiro atoms. The minimum absolute atomic E-state index is 0.108. The Morgan fingerprint density at radius 3 is 2.47 bits per heavy atom. The van der Waals surface area contributed by atoms with Gasteiger partial charge < -0.3 is 14.8 Å². The maximum absolute atomic E-state index is 11.5. The van der Waals surface area contributed by atoms with Crippen molar-refractivity contribution >= 4 is 22.6 Å². The minimum atomic E-state index is -0.108. The topological polar surface area (TPSA) is 73.3 Å². The molecule has 0 aliphatic heterocycles. The summed E-state index contributed by atoms with van der Waals surface area (Å²) in [6.07, 6.45) is 3.52. The van der Waals surface area contributed by atoms with Gasteiger partial charge in [0.1, 0.15) is 16.8 Å². The number of methoxy groups -OCH3 is 2. The number of ether oxygens (including phenoxy) is 2. The number of hydrogen-bond donors (Lipinski definition) is 1. The SMILES string of the molecule is CCC(=O)Nc1cc(OC)c2nccnc2c1OC. The molecule has 100 valence electrons. The van der Waals surface area contributed by atoms with Crippen LogP contribution < -0.4 is 14.8 Å². The molecule has 0 unspecified atom stereocenters. The van der Waals surface area contributed by atoms with Crippen molar-refractivity contribution in [3.8, 4) is 11.5 Å². The minimum Gasteiger partial charge on any atom is -0.494 e. The molecule has 0 fully saturated rings. The van der Waals surface area contributed by atoms with Crippen LogP contribution in [0.3, 0.4) is 0 Å². The van der Waals surface area contributed by atoms with Crippen molar-refractivity contribution in [3.05, 3.63) is 18.5 Å². The van der Waals surface area contributed by atoms with Gasteiger partial charge in [0.25, 0.3) is 0 Å². The first-order chi connectivity index (χ1) is 9.21. The highest BCUT2D eigenvalue weighted by Crippen LogP contribution is 2.37. The Bertz CT molecular complexity index is 613. The van der Waals surface area contributed by atoms with Gasteiger partial charge in [0.2, 0.25) is 5.91 Å². The molecule has 0 atom stereocenters. The van der Waals surface area contributed by atoms with E-state index in [0.717, 1.165) is 0 Å². The summed E-state index contributed by atoms with van der Waals surface area (Å²) in [5.74, 6) is 0.907. The molecule has 0 saturated carbocycles. The number of anilines is 1. The van der Waals surface area contributed by atoms with Crippen molar-refractivity contribution in [2.75, 3.05) is 19.5 Å². The predicted molar refractivity (Wildman–Crippen MR) is 71.6 cm³/mol. The van der Waals surface area contributed by atoms with Crippen LogP contribution in [0, 0.1) is 0 Å². The Kier molecular flexibility index (Phi) is 3.79. The zero-order valence-electron chi connectivity index (χ0n) is 11.1. The quantitative estimate of drug-likeness (QED) is 0.911. The van der Waals surface area contributed by atoms with Crippen LogP contribution in [0.15, 0.2) is 18.5 Å². The van der Waals surface area contributed by atoms with E-state index < -0.39 is 0 Å². The molecular weight excluding hydrogens is 246 g/mol. The van der Waals surface area contributed by atoms with E-state index in [0.29, 0.717) is 34.6 Å². The molecule has 6 nitrogen and oxygen atoms in total. The molecule has 0 saturated heterocycles. The van der Waals surface area contributed by atoms with Crippen molar-refractivity contribution in [2.45, 2.75) is 13.3 Å². The molecule has 0 aliphatic rings.